The second-order valence-corrected chi connectivity index (χ2v) is 8.12. The number of benzene rings is 1. The molecule has 0 aromatic heterocycles. The highest BCUT2D eigenvalue weighted by Crippen LogP contribution is 2.40. The van der Waals surface area contributed by atoms with Crippen molar-refractivity contribution in [2.45, 2.75) is 99.8 Å². The molecule has 0 heterocycles. The third-order valence-corrected chi connectivity index (χ3v) is 5.62. The SMILES string of the molecule is CC(=O)C1=CC(C)=C(c2c(C)ccc3c2CCC3=O)C1.CCCC.CCCCC. The van der Waals surface area contributed by atoms with Gasteiger partial charge in [-0.3, -0.25) is 9.59 Å². The monoisotopic (exact) mass is 396 g/mol. The number of aryl methyl sites for hydroxylation is 1. The summed E-state index contributed by atoms with van der Waals surface area (Å²) >= 11 is 0. The fourth-order valence-corrected chi connectivity index (χ4v) is 3.67. The van der Waals surface area contributed by atoms with Gasteiger partial charge in [-0.2, -0.15) is 0 Å². The number of ketones is 2. The van der Waals surface area contributed by atoms with E-state index in [-0.39, 0.29) is 11.6 Å². The van der Waals surface area contributed by atoms with Crippen molar-refractivity contribution in [3.8, 4) is 0 Å². The van der Waals surface area contributed by atoms with Crippen molar-refractivity contribution in [2.24, 2.45) is 0 Å². The van der Waals surface area contributed by atoms with E-state index in [2.05, 4.69) is 41.5 Å². The summed E-state index contributed by atoms with van der Waals surface area (Å²) in [7, 11) is 0. The summed E-state index contributed by atoms with van der Waals surface area (Å²) in [6, 6.07) is 3.98. The van der Waals surface area contributed by atoms with Gasteiger partial charge < -0.3 is 0 Å². The van der Waals surface area contributed by atoms with Crippen molar-refractivity contribution in [1.29, 1.82) is 0 Å². The van der Waals surface area contributed by atoms with Crippen LogP contribution in [0.5, 0.6) is 0 Å². The molecule has 0 radical (unpaired) electrons. The van der Waals surface area contributed by atoms with Crippen molar-refractivity contribution in [2.75, 3.05) is 0 Å². The van der Waals surface area contributed by atoms with E-state index in [0.717, 1.165) is 23.1 Å². The predicted molar refractivity (Wildman–Crippen MR) is 126 cm³/mol. The van der Waals surface area contributed by atoms with E-state index in [0.29, 0.717) is 12.8 Å². The van der Waals surface area contributed by atoms with Crippen LogP contribution in [-0.2, 0) is 11.2 Å². The van der Waals surface area contributed by atoms with Crippen LogP contribution in [0.1, 0.15) is 114 Å². The smallest absolute Gasteiger partial charge is 0.163 e. The van der Waals surface area contributed by atoms with Gasteiger partial charge in [-0.05, 0) is 60.6 Å². The first-order chi connectivity index (χ1) is 13.8. The molecule has 0 saturated heterocycles. The summed E-state index contributed by atoms with van der Waals surface area (Å²) in [6.07, 6.45) is 10.9. The van der Waals surface area contributed by atoms with E-state index in [1.807, 2.05) is 18.2 Å². The minimum Gasteiger partial charge on any atom is -0.295 e. The quantitative estimate of drug-likeness (QED) is 0.508. The highest BCUT2D eigenvalue weighted by Gasteiger charge is 2.27. The summed E-state index contributed by atoms with van der Waals surface area (Å²) < 4.78 is 0. The standard InChI is InChI=1S/C18H18O2.C5H12.C4H10/c1-10-4-5-14-15(6-7-17(14)20)18(10)16-9-13(12(3)19)8-11(16)2;1-3-5-4-2;1-3-4-2/h4-5,8H,6-7,9H2,1-3H3;3-5H2,1-2H3;3-4H2,1-2H3. The van der Waals surface area contributed by atoms with Gasteiger partial charge in [0.05, 0.1) is 0 Å². The highest BCUT2D eigenvalue weighted by atomic mass is 16.1. The molecule has 2 aliphatic carbocycles. The normalized spacial score (nSPS) is 14.6. The zero-order valence-corrected chi connectivity index (χ0v) is 19.7. The number of allylic oxidation sites excluding steroid dienone is 4. The van der Waals surface area contributed by atoms with Crippen LogP contribution in [0.15, 0.2) is 29.4 Å². The van der Waals surface area contributed by atoms with Gasteiger partial charge in [0.25, 0.3) is 0 Å². The molecule has 0 unspecified atom stereocenters. The minimum absolute atomic E-state index is 0.139. The largest absolute Gasteiger partial charge is 0.295 e. The van der Waals surface area contributed by atoms with Crippen LogP contribution in [0.3, 0.4) is 0 Å². The van der Waals surface area contributed by atoms with Gasteiger partial charge in [0, 0.05) is 18.4 Å². The Morgan fingerprint density at radius 2 is 1.55 bits per heavy atom. The number of fused-ring (bicyclic) bond motifs is 1. The predicted octanol–water partition coefficient (Wildman–Crippen LogP) is 7.82. The summed E-state index contributed by atoms with van der Waals surface area (Å²) in [5.74, 6) is 0.387. The van der Waals surface area contributed by atoms with E-state index < -0.39 is 0 Å². The van der Waals surface area contributed by atoms with Gasteiger partial charge in [-0.1, -0.05) is 78.0 Å². The molecule has 2 nitrogen and oxygen atoms in total. The number of hydrogen-bond acceptors (Lipinski definition) is 2. The Morgan fingerprint density at radius 1 is 0.931 bits per heavy atom. The van der Waals surface area contributed by atoms with Crippen LogP contribution >= 0.6 is 0 Å². The van der Waals surface area contributed by atoms with Crippen molar-refractivity contribution in [3.05, 3.63) is 51.6 Å². The summed E-state index contributed by atoms with van der Waals surface area (Å²) in [5, 5.41) is 0. The average Bonchev–Trinajstić information content (AvgIpc) is 3.26. The first-order valence-electron chi connectivity index (χ1n) is 11.4. The molecular weight excluding hydrogens is 356 g/mol. The molecule has 0 fully saturated rings. The van der Waals surface area contributed by atoms with Crippen LogP contribution in [0.25, 0.3) is 5.57 Å². The van der Waals surface area contributed by atoms with Crippen LogP contribution in [0, 0.1) is 6.92 Å². The maximum atomic E-state index is 11.9. The Kier molecular flexibility index (Phi) is 10.9. The average molecular weight is 397 g/mol. The molecule has 0 spiro atoms. The Morgan fingerprint density at radius 3 is 2.00 bits per heavy atom. The Balaban J connectivity index is 0.000000396. The molecule has 29 heavy (non-hydrogen) atoms. The maximum absolute atomic E-state index is 11.9. The van der Waals surface area contributed by atoms with Gasteiger partial charge in [0.2, 0.25) is 0 Å². The van der Waals surface area contributed by atoms with E-state index in [4.69, 9.17) is 0 Å². The molecule has 1 aromatic rings. The van der Waals surface area contributed by atoms with Gasteiger partial charge >= 0.3 is 0 Å². The minimum atomic E-state index is 0.139. The fourth-order valence-electron chi connectivity index (χ4n) is 3.67. The lowest BCUT2D eigenvalue weighted by atomic mass is 9.89. The Labute approximate surface area is 178 Å². The second-order valence-electron chi connectivity index (χ2n) is 8.12. The van der Waals surface area contributed by atoms with Crippen LogP contribution in [0.2, 0.25) is 0 Å². The molecule has 0 N–H and O–H groups in total. The number of hydrogen-bond donors (Lipinski definition) is 0. The molecular formula is C27H40O2. The van der Waals surface area contributed by atoms with E-state index in [9.17, 15) is 9.59 Å². The fraction of sp³-hybridized carbons (Fsp3) is 0.556. The molecule has 0 atom stereocenters. The van der Waals surface area contributed by atoms with Crippen molar-refractivity contribution < 1.29 is 9.59 Å². The summed E-state index contributed by atoms with van der Waals surface area (Å²) in [5.41, 5.74) is 7.72. The molecule has 0 saturated carbocycles. The number of Topliss-reactive ketones (excluding diaryl/α,β-unsaturated/α-hetero) is 2. The van der Waals surface area contributed by atoms with Crippen molar-refractivity contribution in [3.63, 3.8) is 0 Å². The highest BCUT2D eigenvalue weighted by molar-refractivity contribution is 6.04. The van der Waals surface area contributed by atoms with Gasteiger partial charge in [0.15, 0.2) is 11.6 Å². The van der Waals surface area contributed by atoms with Crippen molar-refractivity contribution in [1.82, 2.24) is 0 Å². The molecule has 0 aliphatic heterocycles. The number of carbonyl (C=O) groups is 2. The topological polar surface area (TPSA) is 34.1 Å². The molecule has 0 bridgehead atoms. The summed E-state index contributed by atoms with van der Waals surface area (Å²) in [4.78, 5) is 23.5. The third-order valence-electron chi connectivity index (χ3n) is 5.62. The zero-order valence-electron chi connectivity index (χ0n) is 19.7. The zero-order chi connectivity index (χ0) is 22.0. The molecule has 2 aliphatic rings. The molecule has 2 heteroatoms. The number of carbonyl (C=O) groups excluding carboxylic acids is 2. The van der Waals surface area contributed by atoms with Crippen LogP contribution < -0.4 is 0 Å². The molecule has 0 amide bonds. The lowest BCUT2D eigenvalue weighted by Crippen LogP contribution is -2.00. The van der Waals surface area contributed by atoms with Gasteiger partial charge in [0.1, 0.15) is 0 Å². The number of rotatable bonds is 5. The van der Waals surface area contributed by atoms with Crippen molar-refractivity contribution >= 4 is 17.1 Å². The molecule has 160 valence electrons. The van der Waals surface area contributed by atoms with E-state index in [1.165, 1.54) is 54.4 Å². The van der Waals surface area contributed by atoms with Gasteiger partial charge in [-0.25, -0.2) is 0 Å². The maximum Gasteiger partial charge on any atom is 0.163 e. The molecule has 3 rings (SSSR count). The first-order valence-corrected chi connectivity index (χ1v) is 11.4. The first kappa shape index (κ1) is 25.1. The van der Waals surface area contributed by atoms with E-state index >= 15 is 0 Å². The lowest BCUT2D eigenvalue weighted by molar-refractivity contribution is -0.113. The molecule has 1 aromatic carbocycles. The Bertz CT molecular complexity index is 774. The Hall–Kier alpha value is -1.96. The third kappa shape index (κ3) is 6.80. The van der Waals surface area contributed by atoms with Gasteiger partial charge in [-0.15, -0.1) is 0 Å². The number of unbranched alkanes of at least 4 members (excludes halogenated alkanes) is 3. The van der Waals surface area contributed by atoms with E-state index in [1.54, 1.807) is 6.92 Å². The summed E-state index contributed by atoms with van der Waals surface area (Å²) in [6.45, 7) is 14.5. The second kappa shape index (κ2) is 12.6. The van der Waals surface area contributed by atoms with Crippen LogP contribution in [0.4, 0.5) is 0 Å². The van der Waals surface area contributed by atoms with Crippen LogP contribution in [-0.4, -0.2) is 11.6 Å². The lowest BCUT2D eigenvalue weighted by Gasteiger charge is -2.14.